The Morgan fingerprint density at radius 2 is 1.83 bits per heavy atom. The van der Waals surface area contributed by atoms with E-state index in [4.69, 9.17) is 17.3 Å². The molecule has 0 saturated heterocycles. The molecule has 0 aliphatic carbocycles. The molecular weight excluding hydrogens is 170 g/mol. The molecule has 0 spiro atoms. The SMILES string of the molecule is C[C@H](N)[C@@](C)(Cl)c1ccccc1. The summed E-state index contributed by atoms with van der Waals surface area (Å²) in [5.74, 6) is 0. The van der Waals surface area contributed by atoms with Crippen molar-refractivity contribution in [3.8, 4) is 0 Å². The topological polar surface area (TPSA) is 26.0 Å². The van der Waals surface area contributed by atoms with E-state index >= 15 is 0 Å². The van der Waals surface area contributed by atoms with Crippen LogP contribution < -0.4 is 5.73 Å². The third-order valence-corrected chi connectivity index (χ3v) is 2.76. The summed E-state index contributed by atoms with van der Waals surface area (Å²) in [5.41, 5.74) is 6.84. The molecule has 2 N–H and O–H groups in total. The number of halogens is 1. The van der Waals surface area contributed by atoms with Crippen molar-refractivity contribution in [2.45, 2.75) is 24.8 Å². The minimum Gasteiger partial charge on any atom is -0.326 e. The summed E-state index contributed by atoms with van der Waals surface area (Å²) in [6.07, 6.45) is 0. The lowest BCUT2D eigenvalue weighted by Crippen LogP contribution is -2.35. The van der Waals surface area contributed by atoms with Crippen molar-refractivity contribution in [2.24, 2.45) is 5.73 Å². The first-order valence-corrected chi connectivity index (χ1v) is 4.43. The molecule has 0 radical (unpaired) electrons. The summed E-state index contributed by atoms with van der Waals surface area (Å²) < 4.78 is 0. The predicted molar refractivity (Wildman–Crippen MR) is 53.3 cm³/mol. The van der Waals surface area contributed by atoms with Crippen molar-refractivity contribution in [1.82, 2.24) is 0 Å². The van der Waals surface area contributed by atoms with E-state index in [1.54, 1.807) is 0 Å². The molecule has 0 saturated carbocycles. The highest BCUT2D eigenvalue weighted by Crippen LogP contribution is 2.30. The second kappa shape index (κ2) is 3.46. The van der Waals surface area contributed by atoms with Crippen LogP contribution in [0.15, 0.2) is 30.3 Å². The van der Waals surface area contributed by atoms with E-state index in [0.717, 1.165) is 5.56 Å². The Morgan fingerprint density at radius 3 is 2.25 bits per heavy atom. The lowest BCUT2D eigenvalue weighted by molar-refractivity contribution is 0.548. The summed E-state index contributed by atoms with van der Waals surface area (Å²) in [5, 5.41) is 0. The molecule has 1 aromatic rings. The maximum atomic E-state index is 6.27. The van der Waals surface area contributed by atoms with Crippen LogP contribution >= 0.6 is 11.6 Å². The molecule has 0 fully saturated rings. The van der Waals surface area contributed by atoms with Gasteiger partial charge in [0.2, 0.25) is 0 Å². The van der Waals surface area contributed by atoms with Gasteiger partial charge in [0.15, 0.2) is 0 Å². The smallest absolute Gasteiger partial charge is 0.0814 e. The Kier molecular flexibility index (Phi) is 2.76. The third kappa shape index (κ3) is 1.79. The lowest BCUT2D eigenvalue weighted by Gasteiger charge is -2.26. The molecule has 0 amide bonds. The van der Waals surface area contributed by atoms with Crippen LogP contribution in [0.25, 0.3) is 0 Å². The van der Waals surface area contributed by atoms with Gasteiger partial charge >= 0.3 is 0 Å². The van der Waals surface area contributed by atoms with Crippen LogP contribution in [0.3, 0.4) is 0 Å². The monoisotopic (exact) mass is 183 g/mol. The number of hydrogen-bond donors (Lipinski definition) is 1. The van der Waals surface area contributed by atoms with Crippen LogP contribution in [0.4, 0.5) is 0 Å². The van der Waals surface area contributed by atoms with Gasteiger partial charge in [-0.2, -0.15) is 0 Å². The molecule has 1 nitrogen and oxygen atoms in total. The summed E-state index contributed by atoms with van der Waals surface area (Å²) >= 11 is 6.27. The fourth-order valence-corrected chi connectivity index (χ4v) is 1.15. The zero-order valence-corrected chi connectivity index (χ0v) is 8.18. The first-order chi connectivity index (χ1) is 5.55. The van der Waals surface area contributed by atoms with Crippen LogP contribution in [-0.2, 0) is 4.87 Å². The number of hydrogen-bond acceptors (Lipinski definition) is 1. The average Bonchev–Trinajstić information content (AvgIpc) is 2.06. The normalized spacial score (nSPS) is 18.3. The first kappa shape index (κ1) is 9.56. The molecular formula is C10H14ClN. The van der Waals surface area contributed by atoms with E-state index < -0.39 is 4.87 Å². The quantitative estimate of drug-likeness (QED) is 0.701. The van der Waals surface area contributed by atoms with E-state index in [1.165, 1.54) is 0 Å². The molecule has 2 heteroatoms. The van der Waals surface area contributed by atoms with Crippen molar-refractivity contribution < 1.29 is 0 Å². The van der Waals surface area contributed by atoms with E-state index in [-0.39, 0.29) is 6.04 Å². The Balaban J connectivity index is 2.98. The number of rotatable bonds is 2. The molecule has 12 heavy (non-hydrogen) atoms. The third-order valence-electron chi connectivity index (χ3n) is 2.19. The fourth-order valence-electron chi connectivity index (χ4n) is 1.03. The highest BCUT2D eigenvalue weighted by molar-refractivity contribution is 6.24. The van der Waals surface area contributed by atoms with Crippen molar-refractivity contribution in [3.05, 3.63) is 35.9 Å². The molecule has 0 aliphatic rings. The Labute approximate surface area is 78.5 Å². The van der Waals surface area contributed by atoms with Gasteiger partial charge in [0.25, 0.3) is 0 Å². The Hall–Kier alpha value is -0.530. The van der Waals surface area contributed by atoms with Crippen LogP contribution in [0.1, 0.15) is 19.4 Å². The molecule has 66 valence electrons. The molecule has 1 rings (SSSR count). The summed E-state index contributed by atoms with van der Waals surface area (Å²) in [6, 6.07) is 9.85. The summed E-state index contributed by atoms with van der Waals surface area (Å²) in [7, 11) is 0. The lowest BCUT2D eigenvalue weighted by atomic mass is 9.94. The summed E-state index contributed by atoms with van der Waals surface area (Å²) in [4.78, 5) is -0.457. The molecule has 1 aromatic carbocycles. The molecule has 0 bridgehead atoms. The van der Waals surface area contributed by atoms with E-state index in [1.807, 2.05) is 44.2 Å². The highest BCUT2D eigenvalue weighted by atomic mass is 35.5. The van der Waals surface area contributed by atoms with Crippen molar-refractivity contribution in [2.75, 3.05) is 0 Å². The van der Waals surface area contributed by atoms with Crippen LogP contribution in [0, 0.1) is 0 Å². The van der Waals surface area contributed by atoms with Gasteiger partial charge in [0.05, 0.1) is 4.87 Å². The van der Waals surface area contributed by atoms with Crippen molar-refractivity contribution in [1.29, 1.82) is 0 Å². The molecule has 0 heterocycles. The van der Waals surface area contributed by atoms with Gasteiger partial charge in [-0.25, -0.2) is 0 Å². The second-order valence-electron chi connectivity index (χ2n) is 3.23. The second-order valence-corrected chi connectivity index (χ2v) is 4.02. The standard InChI is InChI=1S/C10H14ClN/c1-8(12)10(2,11)9-6-4-3-5-7-9/h3-8H,12H2,1-2H3/t8-,10+/m0/s1. The van der Waals surface area contributed by atoms with E-state index in [2.05, 4.69) is 0 Å². The van der Waals surface area contributed by atoms with Crippen molar-refractivity contribution in [3.63, 3.8) is 0 Å². The zero-order valence-electron chi connectivity index (χ0n) is 7.42. The number of benzene rings is 1. The fraction of sp³-hybridized carbons (Fsp3) is 0.400. The largest absolute Gasteiger partial charge is 0.326 e. The highest BCUT2D eigenvalue weighted by Gasteiger charge is 2.27. The van der Waals surface area contributed by atoms with Gasteiger partial charge in [-0.1, -0.05) is 30.3 Å². The van der Waals surface area contributed by atoms with Gasteiger partial charge in [-0.15, -0.1) is 11.6 Å². The zero-order chi connectivity index (χ0) is 9.19. The van der Waals surface area contributed by atoms with Crippen LogP contribution in [0.2, 0.25) is 0 Å². The molecule has 0 aliphatic heterocycles. The minimum absolute atomic E-state index is 0.0541. The maximum absolute atomic E-state index is 6.27. The Bertz CT molecular complexity index is 241. The maximum Gasteiger partial charge on any atom is 0.0814 e. The molecule has 2 atom stereocenters. The number of alkyl halides is 1. The van der Waals surface area contributed by atoms with Gasteiger partial charge in [-0.05, 0) is 19.4 Å². The van der Waals surface area contributed by atoms with Crippen LogP contribution in [-0.4, -0.2) is 6.04 Å². The summed E-state index contributed by atoms with van der Waals surface area (Å²) in [6.45, 7) is 3.86. The van der Waals surface area contributed by atoms with E-state index in [9.17, 15) is 0 Å². The van der Waals surface area contributed by atoms with Crippen molar-refractivity contribution >= 4 is 11.6 Å². The molecule has 0 aromatic heterocycles. The molecule has 0 unspecified atom stereocenters. The van der Waals surface area contributed by atoms with E-state index in [0.29, 0.717) is 0 Å². The average molecular weight is 184 g/mol. The first-order valence-electron chi connectivity index (χ1n) is 4.05. The van der Waals surface area contributed by atoms with Gasteiger partial charge in [-0.3, -0.25) is 0 Å². The van der Waals surface area contributed by atoms with Gasteiger partial charge < -0.3 is 5.73 Å². The minimum atomic E-state index is -0.457. The Morgan fingerprint density at radius 1 is 1.33 bits per heavy atom. The van der Waals surface area contributed by atoms with Gasteiger partial charge in [0.1, 0.15) is 0 Å². The number of nitrogens with two attached hydrogens (primary N) is 1. The van der Waals surface area contributed by atoms with Gasteiger partial charge in [0, 0.05) is 6.04 Å². The van der Waals surface area contributed by atoms with Crippen LogP contribution in [0.5, 0.6) is 0 Å². The predicted octanol–water partition coefficient (Wildman–Crippen LogP) is 2.49.